The third-order valence-corrected chi connectivity index (χ3v) is 2.70. The molecule has 0 radical (unpaired) electrons. The molecule has 0 aliphatic rings. The number of aryl methyl sites for hydroxylation is 1. The van der Waals surface area contributed by atoms with E-state index < -0.39 is 0 Å². The van der Waals surface area contributed by atoms with Gasteiger partial charge in [-0.25, -0.2) is 4.68 Å². The van der Waals surface area contributed by atoms with Crippen LogP contribution in [0, 0.1) is 6.92 Å². The van der Waals surface area contributed by atoms with Gasteiger partial charge in [0.15, 0.2) is 0 Å². The monoisotopic (exact) mass is 216 g/mol. The van der Waals surface area contributed by atoms with Gasteiger partial charge in [-0.05, 0) is 38.6 Å². The molecule has 0 saturated heterocycles. The topological polar surface area (TPSA) is 42.7 Å². The van der Waals surface area contributed by atoms with Crippen molar-refractivity contribution < 1.29 is 0 Å². The average Bonchev–Trinajstić information content (AvgIpc) is 2.77. The Morgan fingerprint density at radius 1 is 1.38 bits per heavy atom. The zero-order valence-electron chi connectivity index (χ0n) is 9.81. The second kappa shape index (κ2) is 4.45. The molecule has 1 N–H and O–H groups in total. The van der Waals surface area contributed by atoms with Crippen LogP contribution in [0.3, 0.4) is 0 Å². The number of benzene rings is 1. The first-order valence-electron chi connectivity index (χ1n) is 5.37. The molecule has 4 heteroatoms. The van der Waals surface area contributed by atoms with Crippen molar-refractivity contribution in [2.45, 2.75) is 19.9 Å². The summed E-state index contributed by atoms with van der Waals surface area (Å²) in [6.07, 6.45) is 1.80. The Bertz CT molecular complexity index is 475. The summed E-state index contributed by atoms with van der Waals surface area (Å²) < 4.78 is 1.87. The van der Waals surface area contributed by atoms with Crippen LogP contribution in [0.2, 0.25) is 0 Å². The summed E-state index contributed by atoms with van der Waals surface area (Å²) in [4.78, 5) is 0. The Kier molecular flexibility index (Phi) is 3.01. The van der Waals surface area contributed by atoms with Crippen molar-refractivity contribution in [2.75, 3.05) is 7.05 Å². The minimum Gasteiger partial charge on any atom is -0.312 e. The van der Waals surface area contributed by atoms with Crippen LogP contribution in [0.5, 0.6) is 0 Å². The van der Waals surface area contributed by atoms with Crippen molar-refractivity contribution in [1.29, 1.82) is 0 Å². The quantitative estimate of drug-likeness (QED) is 0.851. The first-order valence-corrected chi connectivity index (χ1v) is 5.37. The standard InChI is InChI=1S/C12H16N4/c1-9-5-4-6-11(7-9)16-12(8-14-15-16)10(2)13-3/h4-8,10,13H,1-3H3. The zero-order chi connectivity index (χ0) is 11.5. The molecule has 0 fully saturated rings. The number of nitrogens with one attached hydrogen (secondary N) is 1. The smallest absolute Gasteiger partial charge is 0.0812 e. The van der Waals surface area contributed by atoms with Gasteiger partial charge < -0.3 is 5.32 Å². The van der Waals surface area contributed by atoms with Crippen molar-refractivity contribution in [1.82, 2.24) is 20.3 Å². The van der Waals surface area contributed by atoms with Crippen LogP contribution in [-0.4, -0.2) is 22.0 Å². The van der Waals surface area contributed by atoms with Gasteiger partial charge in [0.05, 0.1) is 17.6 Å². The van der Waals surface area contributed by atoms with E-state index >= 15 is 0 Å². The summed E-state index contributed by atoms with van der Waals surface area (Å²) in [6.45, 7) is 4.16. The summed E-state index contributed by atoms with van der Waals surface area (Å²) in [5, 5.41) is 11.3. The number of nitrogens with zero attached hydrogens (tertiary/aromatic N) is 3. The molecule has 0 amide bonds. The lowest BCUT2D eigenvalue weighted by atomic mass is 10.2. The second-order valence-corrected chi connectivity index (χ2v) is 3.92. The molecule has 2 rings (SSSR count). The molecule has 1 aromatic heterocycles. The van der Waals surface area contributed by atoms with Crippen LogP contribution >= 0.6 is 0 Å². The molecule has 1 aromatic carbocycles. The second-order valence-electron chi connectivity index (χ2n) is 3.92. The molecule has 0 saturated carbocycles. The van der Waals surface area contributed by atoms with E-state index in [4.69, 9.17) is 0 Å². The van der Waals surface area contributed by atoms with Gasteiger partial charge in [-0.3, -0.25) is 0 Å². The van der Waals surface area contributed by atoms with Crippen molar-refractivity contribution >= 4 is 0 Å². The average molecular weight is 216 g/mol. The fraction of sp³-hybridized carbons (Fsp3) is 0.333. The third kappa shape index (κ3) is 1.97. The Balaban J connectivity index is 2.44. The van der Waals surface area contributed by atoms with E-state index in [1.807, 2.05) is 23.9 Å². The predicted molar refractivity (Wildman–Crippen MR) is 63.6 cm³/mol. The Morgan fingerprint density at radius 2 is 2.19 bits per heavy atom. The summed E-state index contributed by atoms with van der Waals surface area (Å²) in [5.74, 6) is 0. The van der Waals surface area contributed by atoms with Gasteiger partial charge in [0.25, 0.3) is 0 Å². The van der Waals surface area contributed by atoms with Gasteiger partial charge in [-0.1, -0.05) is 17.3 Å². The van der Waals surface area contributed by atoms with Crippen LogP contribution in [0.15, 0.2) is 30.5 Å². The van der Waals surface area contributed by atoms with Gasteiger partial charge in [-0.2, -0.15) is 0 Å². The molecule has 1 atom stereocenters. The van der Waals surface area contributed by atoms with E-state index in [1.165, 1.54) is 5.56 Å². The van der Waals surface area contributed by atoms with Crippen LogP contribution in [-0.2, 0) is 0 Å². The molecule has 0 aliphatic carbocycles. The number of rotatable bonds is 3. The minimum atomic E-state index is 0.232. The lowest BCUT2D eigenvalue weighted by Gasteiger charge is -2.12. The van der Waals surface area contributed by atoms with Crippen molar-refractivity contribution in [2.24, 2.45) is 0 Å². The zero-order valence-corrected chi connectivity index (χ0v) is 9.81. The minimum absolute atomic E-state index is 0.232. The van der Waals surface area contributed by atoms with Gasteiger partial charge >= 0.3 is 0 Å². The summed E-state index contributed by atoms with van der Waals surface area (Å²) in [7, 11) is 1.93. The van der Waals surface area contributed by atoms with E-state index in [-0.39, 0.29) is 6.04 Å². The van der Waals surface area contributed by atoms with Crippen molar-refractivity contribution in [3.8, 4) is 5.69 Å². The first kappa shape index (κ1) is 10.8. The maximum atomic E-state index is 4.12. The van der Waals surface area contributed by atoms with E-state index in [0.29, 0.717) is 0 Å². The first-order chi connectivity index (χ1) is 7.72. The van der Waals surface area contributed by atoms with Crippen LogP contribution < -0.4 is 5.32 Å². The fourth-order valence-electron chi connectivity index (χ4n) is 1.65. The molecule has 1 unspecified atom stereocenters. The number of hydrogen-bond donors (Lipinski definition) is 1. The maximum absolute atomic E-state index is 4.12. The number of aromatic nitrogens is 3. The van der Waals surface area contributed by atoms with E-state index in [0.717, 1.165) is 11.4 Å². The highest BCUT2D eigenvalue weighted by Crippen LogP contribution is 2.16. The number of hydrogen-bond acceptors (Lipinski definition) is 3. The molecule has 0 aliphatic heterocycles. The molecular formula is C12H16N4. The van der Waals surface area contributed by atoms with Crippen molar-refractivity contribution in [3.05, 3.63) is 41.7 Å². The Hall–Kier alpha value is -1.68. The normalized spacial score (nSPS) is 12.7. The van der Waals surface area contributed by atoms with Gasteiger partial charge in [0, 0.05) is 6.04 Å². The predicted octanol–water partition coefficient (Wildman–Crippen LogP) is 1.86. The van der Waals surface area contributed by atoms with E-state index in [2.05, 4.69) is 41.6 Å². The molecule has 4 nitrogen and oxygen atoms in total. The molecular weight excluding hydrogens is 200 g/mol. The highest BCUT2D eigenvalue weighted by Gasteiger charge is 2.11. The lowest BCUT2D eigenvalue weighted by molar-refractivity contribution is 0.602. The summed E-state index contributed by atoms with van der Waals surface area (Å²) in [6, 6.07) is 8.46. The maximum Gasteiger partial charge on any atom is 0.0812 e. The lowest BCUT2D eigenvalue weighted by Crippen LogP contribution is -2.16. The van der Waals surface area contributed by atoms with E-state index in [1.54, 1.807) is 6.20 Å². The molecule has 1 heterocycles. The van der Waals surface area contributed by atoms with Gasteiger partial charge in [-0.15, -0.1) is 5.10 Å². The Morgan fingerprint density at radius 3 is 2.88 bits per heavy atom. The summed E-state index contributed by atoms with van der Waals surface area (Å²) in [5.41, 5.74) is 3.33. The highest BCUT2D eigenvalue weighted by molar-refractivity contribution is 5.35. The van der Waals surface area contributed by atoms with Gasteiger partial charge in [0.1, 0.15) is 0 Å². The molecule has 0 spiro atoms. The van der Waals surface area contributed by atoms with Crippen LogP contribution in [0.25, 0.3) is 5.69 Å². The molecule has 2 aromatic rings. The largest absolute Gasteiger partial charge is 0.312 e. The molecule has 84 valence electrons. The summed E-state index contributed by atoms with van der Waals surface area (Å²) >= 11 is 0. The van der Waals surface area contributed by atoms with Crippen LogP contribution in [0.4, 0.5) is 0 Å². The molecule has 0 bridgehead atoms. The fourth-order valence-corrected chi connectivity index (χ4v) is 1.65. The van der Waals surface area contributed by atoms with Crippen molar-refractivity contribution in [3.63, 3.8) is 0 Å². The Labute approximate surface area is 95.3 Å². The highest BCUT2D eigenvalue weighted by atomic mass is 15.4. The third-order valence-electron chi connectivity index (χ3n) is 2.70. The van der Waals surface area contributed by atoms with E-state index in [9.17, 15) is 0 Å². The van der Waals surface area contributed by atoms with Gasteiger partial charge in [0.2, 0.25) is 0 Å². The molecule has 16 heavy (non-hydrogen) atoms. The van der Waals surface area contributed by atoms with Crippen LogP contribution in [0.1, 0.15) is 24.2 Å². The SMILES string of the molecule is CNC(C)c1cnnn1-c1cccc(C)c1.